The standard InChI is InChI=1S/C19H20N4O4/c24-15-7-6-14(17(25)21-15)23-18(26)12-2-1-3-13(16(12)19(23)27)22-8-10-4-5-11(9-22)20-10/h1-3,10-11,14,20H,4-9H2,(H,21,24,25)/t10-,11+,14?. The number of hydrogen-bond donors (Lipinski definition) is 2. The molecule has 140 valence electrons. The highest BCUT2D eigenvalue weighted by Gasteiger charge is 2.46. The van der Waals surface area contributed by atoms with Crippen molar-refractivity contribution in [1.29, 1.82) is 0 Å². The van der Waals surface area contributed by atoms with E-state index in [4.69, 9.17) is 0 Å². The van der Waals surface area contributed by atoms with Gasteiger partial charge in [0.05, 0.1) is 16.8 Å². The van der Waals surface area contributed by atoms with Gasteiger partial charge in [-0.05, 0) is 31.4 Å². The molecule has 2 N–H and O–H groups in total. The molecule has 3 atom stereocenters. The molecule has 4 aliphatic rings. The Morgan fingerprint density at radius 1 is 0.926 bits per heavy atom. The van der Waals surface area contributed by atoms with Crippen LogP contribution in [0, 0.1) is 0 Å². The molecule has 0 saturated carbocycles. The first-order chi connectivity index (χ1) is 13.0. The van der Waals surface area contributed by atoms with Crippen LogP contribution in [0.2, 0.25) is 0 Å². The molecule has 2 bridgehead atoms. The van der Waals surface area contributed by atoms with Crippen molar-refractivity contribution < 1.29 is 19.2 Å². The van der Waals surface area contributed by atoms with Gasteiger partial charge < -0.3 is 10.2 Å². The van der Waals surface area contributed by atoms with Gasteiger partial charge in [0.1, 0.15) is 6.04 Å². The lowest BCUT2D eigenvalue weighted by molar-refractivity contribution is -0.136. The molecular formula is C19H20N4O4. The van der Waals surface area contributed by atoms with Crippen LogP contribution in [0.1, 0.15) is 46.4 Å². The molecule has 0 spiro atoms. The largest absolute Gasteiger partial charge is 0.368 e. The van der Waals surface area contributed by atoms with Gasteiger partial charge in [0.25, 0.3) is 11.8 Å². The molecule has 0 radical (unpaired) electrons. The van der Waals surface area contributed by atoms with Crippen molar-refractivity contribution in [2.45, 2.75) is 43.8 Å². The Hall–Kier alpha value is -2.74. The Labute approximate surface area is 155 Å². The van der Waals surface area contributed by atoms with E-state index in [1.54, 1.807) is 12.1 Å². The van der Waals surface area contributed by atoms with E-state index >= 15 is 0 Å². The lowest BCUT2D eigenvalue weighted by Crippen LogP contribution is -2.54. The predicted octanol–water partition coefficient (Wildman–Crippen LogP) is 0.0284. The van der Waals surface area contributed by atoms with Gasteiger partial charge >= 0.3 is 0 Å². The average Bonchev–Trinajstić information content (AvgIpc) is 3.12. The highest BCUT2D eigenvalue weighted by Crippen LogP contribution is 2.36. The molecule has 0 aromatic heterocycles. The van der Waals surface area contributed by atoms with Crippen molar-refractivity contribution >= 4 is 29.3 Å². The van der Waals surface area contributed by atoms with Gasteiger partial charge in [-0.2, -0.15) is 0 Å². The molecule has 8 heteroatoms. The Morgan fingerprint density at radius 3 is 2.37 bits per heavy atom. The van der Waals surface area contributed by atoms with E-state index < -0.39 is 23.8 Å². The summed E-state index contributed by atoms with van der Waals surface area (Å²) < 4.78 is 0. The smallest absolute Gasteiger partial charge is 0.264 e. The van der Waals surface area contributed by atoms with Crippen LogP contribution in [-0.4, -0.2) is 59.7 Å². The van der Waals surface area contributed by atoms with Crippen molar-refractivity contribution in [2.75, 3.05) is 18.0 Å². The lowest BCUT2D eigenvalue weighted by Gasteiger charge is -2.35. The van der Waals surface area contributed by atoms with E-state index in [1.165, 1.54) is 0 Å². The number of hydrogen-bond acceptors (Lipinski definition) is 6. The third kappa shape index (κ3) is 2.47. The molecule has 1 aromatic carbocycles. The van der Waals surface area contributed by atoms with Crippen LogP contribution in [0.15, 0.2) is 18.2 Å². The first-order valence-electron chi connectivity index (χ1n) is 9.38. The molecular weight excluding hydrogens is 348 g/mol. The number of piperidine rings is 1. The highest BCUT2D eigenvalue weighted by atomic mass is 16.2. The second-order valence-corrected chi connectivity index (χ2v) is 7.69. The van der Waals surface area contributed by atoms with Crippen molar-refractivity contribution in [3.05, 3.63) is 29.3 Å². The van der Waals surface area contributed by atoms with Crippen molar-refractivity contribution in [1.82, 2.24) is 15.5 Å². The van der Waals surface area contributed by atoms with Gasteiger partial charge in [0.2, 0.25) is 11.8 Å². The first-order valence-corrected chi connectivity index (χ1v) is 9.38. The fourth-order valence-electron chi connectivity index (χ4n) is 4.75. The molecule has 4 aliphatic heterocycles. The van der Waals surface area contributed by atoms with Crippen LogP contribution >= 0.6 is 0 Å². The Morgan fingerprint density at radius 2 is 1.67 bits per heavy atom. The van der Waals surface area contributed by atoms with Crippen molar-refractivity contribution in [3.63, 3.8) is 0 Å². The molecule has 1 aromatic rings. The second-order valence-electron chi connectivity index (χ2n) is 7.69. The second kappa shape index (κ2) is 5.88. The van der Waals surface area contributed by atoms with Crippen LogP contribution in [-0.2, 0) is 9.59 Å². The quantitative estimate of drug-likeness (QED) is 0.715. The summed E-state index contributed by atoms with van der Waals surface area (Å²) in [4.78, 5) is 52.9. The van der Waals surface area contributed by atoms with Crippen LogP contribution in [0.5, 0.6) is 0 Å². The van der Waals surface area contributed by atoms with E-state index in [2.05, 4.69) is 15.5 Å². The molecule has 1 unspecified atom stereocenters. The van der Waals surface area contributed by atoms with E-state index in [1.807, 2.05) is 6.07 Å². The monoisotopic (exact) mass is 368 g/mol. The summed E-state index contributed by atoms with van der Waals surface area (Å²) >= 11 is 0. The zero-order valence-electron chi connectivity index (χ0n) is 14.7. The fraction of sp³-hybridized carbons (Fsp3) is 0.474. The summed E-state index contributed by atoms with van der Waals surface area (Å²) in [5.41, 5.74) is 1.49. The normalized spacial score (nSPS) is 30.0. The summed E-state index contributed by atoms with van der Waals surface area (Å²) in [5.74, 6) is -1.84. The molecule has 4 amide bonds. The van der Waals surface area contributed by atoms with E-state index in [9.17, 15) is 19.2 Å². The molecule has 0 aliphatic carbocycles. The van der Waals surface area contributed by atoms with E-state index in [0.717, 1.165) is 36.5 Å². The number of imide groups is 2. The zero-order chi connectivity index (χ0) is 18.7. The molecule has 4 heterocycles. The predicted molar refractivity (Wildman–Crippen MR) is 95.3 cm³/mol. The minimum absolute atomic E-state index is 0.123. The number of benzene rings is 1. The third-order valence-corrected chi connectivity index (χ3v) is 6.00. The van der Waals surface area contributed by atoms with Gasteiger partial charge in [-0.25, -0.2) is 0 Å². The van der Waals surface area contributed by atoms with Gasteiger partial charge in [-0.15, -0.1) is 0 Å². The van der Waals surface area contributed by atoms with Gasteiger partial charge in [-0.3, -0.25) is 29.4 Å². The average molecular weight is 368 g/mol. The SMILES string of the molecule is O=C1CCC(N2C(=O)c3cccc(N4C[C@H]5CC[C@@H](C4)N5)c3C2=O)C(=O)N1. The summed E-state index contributed by atoms with van der Waals surface area (Å²) in [5, 5.41) is 5.79. The maximum atomic E-state index is 13.2. The van der Waals surface area contributed by atoms with Gasteiger partial charge in [-0.1, -0.05) is 6.07 Å². The number of carbonyl (C=O) groups is 4. The van der Waals surface area contributed by atoms with E-state index in [-0.39, 0.29) is 18.7 Å². The highest BCUT2D eigenvalue weighted by molar-refractivity contribution is 6.25. The van der Waals surface area contributed by atoms with Gasteiger partial charge in [0, 0.05) is 31.6 Å². The molecule has 3 fully saturated rings. The number of carbonyl (C=O) groups excluding carboxylic acids is 4. The van der Waals surface area contributed by atoms with Crippen molar-refractivity contribution in [3.8, 4) is 0 Å². The van der Waals surface area contributed by atoms with Crippen LogP contribution in [0.25, 0.3) is 0 Å². The fourth-order valence-corrected chi connectivity index (χ4v) is 4.75. The number of piperazine rings is 1. The van der Waals surface area contributed by atoms with Crippen molar-refractivity contribution in [2.24, 2.45) is 0 Å². The Bertz CT molecular complexity index is 870. The molecule has 8 nitrogen and oxygen atoms in total. The number of nitrogens with zero attached hydrogens (tertiary/aromatic N) is 2. The van der Waals surface area contributed by atoms with Crippen LogP contribution in [0.3, 0.4) is 0 Å². The maximum Gasteiger partial charge on any atom is 0.264 e. The lowest BCUT2D eigenvalue weighted by atomic mass is 10.0. The van der Waals surface area contributed by atoms with Gasteiger partial charge in [0.15, 0.2) is 0 Å². The molecule has 27 heavy (non-hydrogen) atoms. The third-order valence-electron chi connectivity index (χ3n) is 6.00. The number of rotatable bonds is 2. The summed E-state index contributed by atoms with van der Waals surface area (Å²) in [6.07, 6.45) is 2.53. The zero-order valence-corrected chi connectivity index (χ0v) is 14.7. The summed E-state index contributed by atoms with van der Waals surface area (Å²) in [7, 11) is 0. The van der Waals surface area contributed by atoms with Crippen LogP contribution < -0.4 is 15.5 Å². The topological polar surface area (TPSA) is 98.8 Å². The first kappa shape index (κ1) is 16.4. The molecule has 5 rings (SSSR count). The number of nitrogens with one attached hydrogen (secondary N) is 2. The Balaban J connectivity index is 1.50. The number of amides is 4. The van der Waals surface area contributed by atoms with Crippen LogP contribution in [0.4, 0.5) is 5.69 Å². The minimum Gasteiger partial charge on any atom is -0.368 e. The summed E-state index contributed by atoms with van der Waals surface area (Å²) in [6, 6.07) is 5.18. The number of fused-ring (bicyclic) bond motifs is 3. The molecule has 3 saturated heterocycles. The maximum absolute atomic E-state index is 13.2. The van der Waals surface area contributed by atoms with E-state index in [0.29, 0.717) is 23.2 Å². The Kier molecular flexibility index (Phi) is 3.58. The minimum atomic E-state index is -0.929. The summed E-state index contributed by atoms with van der Waals surface area (Å²) in [6.45, 7) is 1.60. The number of anilines is 1.